The SMILES string of the molecule is S=Nc1nnn[nH]1. The summed E-state index contributed by atoms with van der Waals surface area (Å²) in [5, 5.41) is 12.1. The molecule has 5 nitrogen and oxygen atoms in total. The molecule has 0 aromatic carbocycles. The molecule has 0 saturated carbocycles. The molecule has 1 aromatic heterocycles. The Morgan fingerprint density at radius 2 is 2.57 bits per heavy atom. The molecule has 36 valence electrons. The van der Waals surface area contributed by atoms with Crippen LogP contribution in [0.3, 0.4) is 0 Å². The second-order valence-electron chi connectivity index (χ2n) is 0.816. The molecule has 0 aliphatic carbocycles. The van der Waals surface area contributed by atoms with Gasteiger partial charge in [0.25, 0.3) is 5.95 Å². The lowest BCUT2D eigenvalue weighted by atomic mass is 11.2. The van der Waals surface area contributed by atoms with Gasteiger partial charge in [-0.1, -0.05) is 5.10 Å². The van der Waals surface area contributed by atoms with Gasteiger partial charge in [0, 0.05) is 12.4 Å². The van der Waals surface area contributed by atoms with Crippen LogP contribution in [-0.2, 0) is 12.4 Å². The van der Waals surface area contributed by atoms with Crippen molar-refractivity contribution in [2.24, 2.45) is 4.36 Å². The molecular formula is CHN5S. The zero-order chi connectivity index (χ0) is 5.11. The van der Waals surface area contributed by atoms with E-state index in [1.54, 1.807) is 0 Å². The van der Waals surface area contributed by atoms with E-state index in [2.05, 4.69) is 37.4 Å². The number of aromatic nitrogens is 4. The van der Waals surface area contributed by atoms with Crippen molar-refractivity contribution < 1.29 is 0 Å². The molecule has 0 aliphatic rings. The molecule has 0 saturated heterocycles. The van der Waals surface area contributed by atoms with Gasteiger partial charge in [-0.05, 0) is 10.4 Å². The summed E-state index contributed by atoms with van der Waals surface area (Å²) in [4.78, 5) is 0. The van der Waals surface area contributed by atoms with Crippen LogP contribution in [0.2, 0.25) is 0 Å². The summed E-state index contributed by atoms with van der Waals surface area (Å²) in [5.74, 6) is 0.273. The van der Waals surface area contributed by atoms with Crippen molar-refractivity contribution in [3.05, 3.63) is 0 Å². The molecule has 0 spiro atoms. The highest BCUT2D eigenvalue weighted by molar-refractivity contribution is 7.47. The number of aromatic amines is 1. The van der Waals surface area contributed by atoms with Crippen molar-refractivity contribution in [2.45, 2.75) is 0 Å². The van der Waals surface area contributed by atoms with Gasteiger partial charge in [0.05, 0.1) is 0 Å². The average molecular weight is 115 g/mol. The van der Waals surface area contributed by atoms with E-state index >= 15 is 0 Å². The predicted molar refractivity (Wildman–Crippen MR) is 23.6 cm³/mol. The zero-order valence-corrected chi connectivity index (χ0v) is 4.01. The Balaban J connectivity index is 2.96. The first-order chi connectivity index (χ1) is 3.43. The van der Waals surface area contributed by atoms with Gasteiger partial charge in [0.15, 0.2) is 0 Å². The minimum atomic E-state index is 0.273. The van der Waals surface area contributed by atoms with Crippen molar-refractivity contribution in [1.82, 2.24) is 20.6 Å². The summed E-state index contributed by atoms with van der Waals surface area (Å²) in [7, 11) is 0. The van der Waals surface area contributed by atoms with Crippen molar-refractivity contribution in [3.63, 3.8) is 0 Å². The number of nitrogens with one attached hydrogen (secondary N) is 1. The highest BCUT2D eigenvalue weighted by atomic mass is 32.1. The molecule has 0 unspecified atom stereocenters. The maximum Gasteiger partial charge on any atom is 0.277 e. The molecule has 0 fully saturated rings. The Labute approximate surface area is 44.3 Å². The predicted octanol–water partition coefficient (Wildman–Crippen LogP) is -0.438. The van der Waals surface area contributed by atoms with Crippen molar-refractivity contribution in [1.29, 1.82) is 0 Å². The summed E-state index contributed by atoms with van der Waals surface area (Å²) in [6.45, 7) is 0. The fraction of sp³-hybridized carbons (Fsp3) is 0. The van der Waals surface area contributed by atoms with Gasteiger partial charge in [0.1, 0.15) is 0 Å². The fourth-order valence-corrected chi connectivity index (χ4v) is 0.270. The van der Waals surface area contributed by atoms with Crippen molar-refractivity contribution in [2.75, 3.05) is 0 Å². The van der Waals surface area contributed by atoms with Crippen LogP contribution in [0.25, 0.3) is 0 Å². The average Bonchev–Trinajstić information content (AvgIpc) is 2.14. The van der Waals surface area contributed by atoms with Crippen LogP contribution in [0.4, 0.5) is 5.95 Å². The smallest absolute Gasteiger partial charge is 0.223 e. The maximum atomic E-state index is 4.22. The monoisotopic (exact) mass is 115 g/mol. The highest BCUT2D eigenvalue weighted by Gasteiger charge is 1.84. The van der Waals surface area contributed by atoms with Crippen LogP contribution in [0.5, 0.6) is 0 Å². The number of hydrogen-bond donors (Lipinski definition) is 1. The van der Waals surface area contributed by atoms with Gasteiger partial charge >= 0.3 is 0 Å². The first kappa shape index (κ1) is 4.25. The van der Waals surface area contributed by atoms with E-state index in [1.807, 2.05) is 0 Å². The van der Waals surface area contributed by atoms with Crippen molar-refractivity contribution in [3.8, 4) is 0 Å². The van der Waals surface area contributed by atoms with Crippen LogP contribution in [0, 0.1) is 0 Å². The third kappa shape index (κ3) is 0.743. The van der Waals surface area contributed by atoms with E-state index in [0.717, 1.165) is 0 Å². The molecule has 6 heteroatoms. The summed E-state index contributed by atoms with van der Waals surface area (Å²) in [5.41, 5.74) is 0. The van der Waals surface area contributed by atoms with Crippen LogP contribution >= 0.6 is 0 Å². The summed E-state index contributed by atoms with van der Waals surface area (Å²) < 4.78 is 3.22. The van der Waals surface area contributed by atoms with Gasteiger partial charge in [-0.15, -0.1) is 4.36 Å². The Kier molecular flexibility index (Phi) is 1.03. The van der Waals surface area contributed by atoms with E-state index in [9.17, 15) is 0 Å². The minimum Gasteiger partial charge on any atom is -0.223 e. The molecule has 1 rings (SSSR count). The normalized spacial score (nSPS) is 8.57. The molecule has 0 amide bonds. The van der Waals surface area contributed by atoms with E-state index in [-0.39, 0.29) is 5.95 Å². The van der Waals surface area contributed by atoms with Gasteiger partial charge in [-0.25, -0.2) is 5.10 Å². The highest BCUT2D eigenvalue weighted by Crippen LogP contribution is 1.91. The first-order valence-corrected chi connectivity index (χ1v) is 1.87. The van der Waals surface area contributed by atoms with E-state index < -0.39 is 0 Å². The molecule has 0 bridgehead atoms. The van der Waals surface area contributed by atoms with Gasteiger partial charge in [-0.2, -0.15) is 0 Å². The maximum absolute atomic E-state index is 4.22. The number of rotatable bonds is 1. The molecule has 0 radical (unpaired) electrons. The van der Waals surface area contributed by atoms with Crippen molar-refractivity contribution >= 4 is 18.4 Å². The Morgan fingerprint density at radius 1 is 1.71 bits per heavy atom. The fourth-order valence-electron chi connectivity index (χ4n) is 0.193. The Morgan fingerprint density at radius 3 is 2.86 bits per heavy atom. The second kappa shape index (κ2) is 1.69. The van der Waals surface area contributed by atoms with Gasteiger partial charge in [0.2, 0.25) is 0 Å². The third-order valence-corrected chi connectivity index (χ3v) is 0.594. The number of tetrazole rings is 1. The Bertz CT molecular complexity index is 143. The minimum absolute atomic E-state index is 0.273. The molecule has 0 aliphatic heterocycles. The number of hydrogen-bond acceptors (Lipinski definition) is 5. The van der Waals surface area contributed by atoms with Crippen LogP contribution in [0.15, 0.2) is 4.36 Å². The molecule has 1 heterocycles. The standard InChI is InChI=1S/CHN5S/c7-4-1-2-5-6-3-1/h(H,2,3,5,6). The zero-order valence-electron chi connectivity index (χ0n) is 3.20. The lowest BCUT2D eigenvalue weighted by Gasteiger charge is -1.65. The molecule has 1 N–H and O–H groups in total. The molecule has 1 aromatic rings. The first-order valence-electron chi connectivity index (χ1n) is 1.50. The number of H-pyrrole nitrogens is 1. The largest absolute Gasteiger partial charge is 0.277 e. The van der Waals surface area contributed by atoms with E-state index in [1.165, 1.54) is 0 Å². The quantitative estimate of drug-likeness (QED) is 0.539. The molecule has 7 heavy (non-hydrogen) atoms. The van der Waals surface area contributed by atoms with Crippen LogP contribution < -0.4 is 0 Å². The van der Waals surface area contributed by atoms with Gasteiger partial charge < -0.3 is 0 Å². The molecule has 0 atom stereocenters. The second-order valence-corrected chi connectivity index (χ2v) is 0.999. The third-order valence-electron chi connectivity index (χ3n) is 0.421. The summed E-state index contributed by atoms with van der Waals surface area (Å²) >= 11 is 4.22. The topological polar surface area (TPSA) is 66.8 Å². The Hall–Kier alpha value is -0.910. The van der Waals surface area contributed by atoms with Gasteiger partial charge in [-0.3, -0.25) is 0 Å². The molecular weight excluding hydrogens is 114 g/mol. The van der Waals surface area contributed by atoms with Crippen LogP contribution in [0.1, 0.15) is 0 Å². The summed E-state index contributed by atoms with van der Waals surface area (Å²) in [6.07, 6.45) is 0. The number of nitrogens with zero attached hydrogens (tertiary/aromatic N) is 4. The lowest BCUT2D eigenvalue weighted by Crippen LogP contribution is -1.64. The van der Waals surface area contributed by atoms with E-state index in [4.69, 9.17) is 0 Å². The lowest BCUT2D eigenvalue weighted by molar-refractivity contribution is 0.881. The van der Waals surface area contributed by atoms with E-state index in [0.29, 0.717) is 0 Å². The van der Waals surface area contributed by atoms with Crippen LogP contribution in [-0.4, -0.2) is 20.6 Å². The summed E-state index contributed by atoms with van der Waals surface area (Å²) in [6, 6.07) is 0.